The van der Waals surface area contributed by atoms with Crippen molar-refractivity contribution in [3.05, 3.63) is 64.7 Å². The number of rotatable bonds is 4. The molecule has 0 spiro atoms. The van der Waals surface area contributed by atoms with Crippen LogP contribution in [0.4, 0.5) is 18.0 Å². The summed E-state index contributed by atoms with van der Waals surface area (Å²) in [6.45, 7) is -0.144. The molecule has 28 heavy (non-hydrogen) atoms. The van der Waals surface area contributed by atoms with Crippen molar-refractivity contribution >= 4 is 11.9 Å². The standard InChI is InChI=1S/C19H14F3N3O3/c1-28-15-7-11(9-23)5-6-13(15)10-25-17(26)16(24-18(25)27)12-3-2-4-14(8-12)19(20,21)22/h2-8,16H,10H2,1H3,(H,24,27). The third kappa shape index (κ3) is 3.62. The molecule has 2 aromatic rings. The lowest BCUT2D eigenvalue weighted by atomic mass is 10.0. The molecular formula is C19H14F3N3O3. The molecule has 1 aliphatic rings. The first kappa shape index (κ1) is 19.2. The first-order chi connectivity index (χ1) is 13.2. The number of nitriles is 1. The Morgan fingerprint density at radius 2 is 1.96 bits per heavy atom. The predicted molar refractivity (Wildman–Crippen MR) is 91.0 cm³/mol. The van der Waals surface area contributed by atoms with E-state index >= 15 is 0 Å². The van der Waals surface area contributed by atoms with Crippen molar-refractivity contribution in [1.29, 1.82) is 5.26 Å². The zero-order chi connectivity index (χ0) is 20.5. The second kappa shape index (κ2) is 7.23. The number of amides is 3. The molecule has 3 amide bonds. The van der Waals surface area contributed by atoms with Crippen molar-refractivity contribution < 1.29 is 27.5 Å². The van der Waals surface area contributed by atoms with Crippen LogP contribution in [0.25, 0.3) is 0 Å². The number of carbonyl (C=O) groups excluding carboxylic acids is 2. The number of hydrogen-bond acceptors (Lipinski definition) is 4. The number of imide groups is 1. The summed E-state index contributed by atoms with van der Waals surface area (Å²) in [5, 5.41) is 11.3. The minimum absolute atomic E-state index is 0.0440. The molecule has 0 bridgehead atoms. The fraction of sp³-hybridized carbons (Fsp3) is 0.211. The summed E-state index contributed by atoms with van der Waals surface area (Å²) in [7, 11) is 1.39. The fourth-order valence-electron chi connectivity index (χ4n) is 2.90. The Labute approximate surface area is 158 Å². The van der Waals surface area contributed by atoms with Gasteiger partial charge in [-0.1, -0.05) is 18.2 Å². The largest absolute Gasteiger partial charge is 0.496 e. The smallest absolute Gasteiger partial charge is 0.416 e. The van der Waals surface area contributed by atoms with Gasteiger partial charge in [0, 0.05) is 5.56 Å². The maximum Gasteiger partial charge on any atom is 0.416 e. The van der Waals surface area contributed by atoms with E-state index in [0.29, 0.717) is 16.9 Å². The Hall–Kier alpha value is -3.54. The number of halogens is 3. The van der Waals surface area contributed by atoms with Gasteiger partial charge in [0.15, 0.2) is 0 Å². The quantitative estimate of drug-likeness (QED) is 0.813. The van der Waals surface area contributed by atoms with Gasteiger partial charge in [-0.25, -0.2) is 4.79 Å². The van der Waals surface area contributed by atoms with Gasteiger partial charge < -0.3 is 10.1 Å². The zero-order valence-electron chi connectivity index (χ0n) is 14.6. The highest BCUT2D eigenvalue weighted by Crippen LogP contribution is 2.32. The molecule has 1 heterocycles. The second-order valence-electron chi connectivity index (χ2n) is 6.07. The van der Waals surface area contributed by atoms with Gasteiger partial charge in [-0.3, -0.25) is 9.69 Å². The number of nitrogens with zero attached hydrogens (tertiary/aromatic N) is 2. The van der Waals surface area contributed by atoms with E-state index in [0.717, 1.165) is 17.0 Å². The van der Waals surface area contributed by atoms with Crippen LogP contribution in [0.2, 0.25) is 0 Å². The maximum absolute atomic E-state index is 12.9. The van der Waals surface area contributed by atoms with Gasteiger partial charge in [-0.05, 0) is 29.8 Å². The normalized spacial score (nSPS) is 16.7. The Morgan fingerprint density at radius 1 is 1.21 bits per heavy atom. The monoisotopic (exact) mass is 389 g/mol. The summed E-state index contributed by atoms with van der Waals surface area (Å²) in [5.41, 5.74) is -0.0314. The van der Waals surface area contributed by atoms with Crippen molar-refractivity contribution in [2.45, 2.75) is 18.8 Å². The predicted octanol–water partition coefficient (Wildman–Crippen LogP) is 3.38. The Balaban J connectivity index is 1.86. The molecule has 6 nitrogen and oxygen atoms in total. The molecule has 0 aliphatic carbocycles. The molecule has 9 heteroatoms. The van der Waals surface area contributed by atoms with E-state index in [4.69, 9.17) is 10.00 Å². The van der Waals surface area contributed by atoms with Crippen LogP contribution in [0.5, 0.6) is 5.75 Å². The minimum Gasteiger partial charge on any atom is -0.496 e. The summed E-state index contributed by atoms with van der Waals surface area (Å²) in [4.78, 5) is 25.8. The van der Waals surface area contributed by atoms with Gasteiger partial charge in [-0.2, -0.15) is 18.4 Å². The highest BCUT2D eigenvalue weighted by molar-refractivity contribution is 6.04. The van der Waals surface area contributed by atoms with Gasteiger partial charge in [0.1, 0.15) is 11.8 Å². The van der Waals surface area contributed by atoms with Crippen molar-refractivity contribution in [2.75, 3.05) is 7.11 Å². The molecule has 1 saturated heterocycles. The molecule has 1 unspecified atom stereocenters. The molecule has 1 aliphatic heterocycles. The fourth-order valence-corrected chi connectivity index (χ4v) is 2.90. The van der Waals surface area contributed by atoms with Crippen LogP contribution < -0.4 is 10.1 Å². The molecule has 0 aromatic heterocycles. The molecule has 0 saturated carbocycles. The van der Waals surface area contributed by atoms with Crippen LogP contribution in [0, 0.1) is 11.3 Å². The van der Waals surface area contributed by atoms with Crippen LogP contribution in [-0.4, -0.2) is 23.9 Å². The number of alkyl halides is 3. The van der Waals surface area contributed by atoms with Gasteiger partial charge in [0.25, 0.3) is 5.91 Å². The Bertz CT molecular complexity index is 982. The lowest BCUT2D eigenvalue weighted by Gasteiger charge is -2.16. The summed E-state index contributed by atoms with van der Waals surface area (Å²) in [6, 6.07) is 8.83. The van der Waals surface area contributed by atoms with Crippen LogP contribution >= 0.6 is 0 Å². The molecular weight excluding hydrogens is 375 g/mol. The number of methoxy groups -OCH3 is 1. The maximum atomic E-state index is 12.9. The molecule has 1 atom stereocenters. The third-order valence-electron chi connectivity index (χ3n) is 4.32. The summed E-state index contributed by atoms with van der Waals surface area (Å²) in [6.07, 6.45) is -4.56. The highest BCUT2D eigenvalue weighted by atomic mass is 19.4. The average Bonchev–Trinajstić information content (AvgIpc) is 2.96. The van der Waals surface area contributed by atoms with Crippen LogP contribution in [0.15, 0.2) is 42.5 Å². The Kier molecular flexibility index (Phi) is 4.96. The SMILES string of the molecule is COc1cc(C#N)ccc1CN1C(=O)NC(c2cccc(C(F)(F)F)c2)C1=O. The second-order valence-corrected chi connectivity index (χ2v) is 6.07. The van der Waals surface area contributed by atoms with E-state index in [9.17, 15) is 22.8 Å². The van der Waals surface area contributed by atoms with Crippen LogP contribution in [0.1, 0.15) is 28.3 Å². The number of carbonyl (C=O) groups is 2. The molecule has 144 valence electrons. The minimum atomic E-state index is -4.56. The van der Waals surface area contributed by atoms with Crippen LogP contribution in [0.3, 0.4) is 0 Å². The summed E-state index contributed by atoms with van der Waals surface area (Å²) in [5.74, 6) is -0.349. The van der Waals surface area contributed by atoms with Crippen molar-refractivity contribution in [1.82, 2.24) is 10.2 Å². The number of hydrogen-bond donors (Lipinski definition) is 1. The zero-order valence-corrected chi connectivity index (χ0v) is 14.6. The van der Waals surface area contributed by atoms with Crippen molar-refractivity contribution in [3.8, 4) is 11.8 Å². The van der Waals surface area contributed by atoms with Gasteiger partial charge in [0.2, 0.25) is 0 Å². The number of ether oxygens (including phenoxy) is 1. The first-order valence-electron chi connectivity index (χ1n) is 8.10. The van der Waals surface area contributed by atoms with E-state index in [1.54, 1.807) is 6.07 Å². The summed E-state index contributed by atoms with van der Waals surface area (Å²) < 4.78 is 43.9. The van der Waals surface area contributed by atoms with E-state index in [1.165, 1.54) is 31.4 Å². The Morgan fingerprint density at radius 3 is 2.61 bits per heavy atom. The molecule has 0 radical (unpaired) electrons. The van der Waals surface area contributed by atoms with E-state index < -0.39 is 29.7 Å². The van der Waals surface area contributed by atoms with E-state index in [2.05, 4.69) is 5.32 Å². The topological polar surface area (TPSA) is 82.4 Å². The van der Waals surface area contributed by atoms with E-state index in [-0.39, 0.29) is 12.1 Å². The number of urea groups is 1. The van der Waals surface area contributed by atoms with Crippen molar-refractivity contribution in [2.24, 2.45) is 0 Å². The number of nitrogens with one attached hydrogen (secondary N) is 1. The molecule has 3 rings (SSSR count). The van der Waals surface area contributed by atoms with Gasteiger partial charge >= 0.3 is 12.2 Å². The average molecular weight is 389 g/mol. The third-order valence-corrected chi connectivity index (χ3v) is 4.32. The lowest BCUT2D eigenvalue weighted by molar-refractivity contribution is -0.137. The molecule has 2 aromatic carbocycles. The highest BCUT2D eigenvalue weighted by Gasteiger charge is 2.40. The number of benzene rings is 2. The summed E-state index contributed by atoms with van der Waals surface area (Å²) >= 11 is 0. The van der Waals surface area contributed by atoms with E-state index in [1.807, 2.05) is 6.07 Å². The van der Waals surface area contributed by atoms with Gasteiger partial charge in [0.05, 0.1) is 30.9 Å². The van der Waals surface area contributed by atoms with Crippen LogP contribution in [-0.2, 0) is 17.5 Å². The lowest BCUT2D eigenvalue weighted by Crippen LogP contribution is -2.30. The first-order valence-corrected chi connectivity index (χ1v) is 8.10. The molecule has 1 N–H and O–H groups in total. The van der Waals surface area contributed by atoms with Gasteiger partial charge in [-0.15, -0.1) is 0 Å². The molecule has 1 fully saturated rings. The van der Waals surface area contributed by atoms with Crippen molar-refractivity contribution in [3.63, 3.8) is 0 Å².